The standard InChI is InChI=1S/C26H32F3N5O2/c1-16-8-7-9-20-23(16)33(11-6-4-5-10-30)15-18-13-22(35)34(24(18)25(36)32(20)3)21-14-19(26(27,28)29)12-17(2)31-21/h7-9,12,14,18,24H,4-6,10-11,13,15,30H2,1-3H3/t18-,24+/m1/s1. The number of carbonyl (C=O) groups excluding carboxylic acids is 2. The molecule has 36 heavy (non-hydrogen) atoms. The maximum Gasteiger partial charge on any atom is 0.416 e. The van der Waals surface area contributed by atoms with Crippen molar-refractivity contribution in [3.63, 3.8) is 0 Å². The van der Waals surface area contributed by atoms with Gasteiger partial charge < -0.3 is 15.5 Å². The first-order valence-electron chi connectivity index (χ1n) is 12.2. The molecule has 1 aromatic heterocycles. The zero-order valence-corrected chi connectivity index (χ0v) is 20.8. The number of hydrogen-bond donors (Lipinski definition) is 1. The van der Waals surface area contributed by atoms with Crippen LogP contribution in [0.5, 0.6) is 0 Å². The van der Waals surface area contributed by atoms with E-state index in [9.17, 15) is 22.8 Å². The fourth-order valence-electron chi connectivity index (χ4n) is 5.33. The Labute approximate surface area is 209 Å². The summed E-state index contributed by atoms with van der Waals surface area (Å²) in [5.74, 6) is -1.27. The molecule has 0 aliphatic carbocycles. The van der Waals surface area contributed by atoms with Gasteiger partial charge in [0.25, 0.3) is 0 Å². The monoisotopic (exact) mass is 503 g/mol. The van der Waals surface area contributed by atoms with Crippen LogP contribution < -0.4 is 20.4 Å². The summed E-state index contributed by atoms with van der Waals surface area (Å²) >= 11 is 0. The first-order chi connectivity index (χ1) is 17.0. The molecule has 1 aromatic carbocycles. The summed E-state index contributed by atoms with van der Waals surface area (Å²) in [6, 6.07) is 6.58. The van der Waals surface area contributed by atoms with E-state index in [0.29, 0.717) is 18.8 Å². The normalized spacial score (nSPS) is 20.4. The van der Waals surface area contributed by atoms with Gasteiger partial charge in [0.2, 0.25) is 11.8 Å². The predicted molar refractivity (Wildman–Crippen MR) is 133 cm³/mol. The number of pyridine rings is 1. The number of unbranched alkanes of at least 4 members (excludes halogenated alkanes) is 2. The van der Waals surface area contributed by atoms with Crippen molar-refractivity contribution >= 4 is 29.0 Å². The van der Waals surface area contributed by atoms with Crippen molar-refractivity contribution in [3.05, 3.63) is 47.2 Å². The molecule has 3 heterocycles. The third-order valence-electron chi connectivity index (χ3n) is 7.01. The predicted octanol–water partition coefficient (Wildman–Crippen LogP) is 4.05. The fourth-order valence-corrected chi connectivity index (χ4v) is 5.33. The summed E-state index contributed by atoms with van der Waals surface area (Å²) in [6.45, 7) is 5.21. The summed E-state index contributed by atoms with van der Waals surface area (Å²) in [7, 11) is 1.65. The Kier molecular flexibility index (Phi) is 7.26. The van der Waals surface area contributed by atoms with Crippen molar-refractivity contribution in [2.75, 3.05) is 41.4 Å². The number of amides is 2. The molecule has 2 atom stereocenters. The van der Waals surface area contributed by atoms with Crippen molar-refractivity contribution in [1.82, 2.24) is 4.98 Å². The van der Waals surface area contributed by atoms with Crippen molar-refractivity contribution in [3.8, 4) is 0 Å². The molecule has 7 nitrogen and oxygen atoms in total. The summed E-state index contributed by atoms with van der Waals surface area (Å²) in [4.78, 5) is 36.2. The lowest BCUT2D eigenvalue weighted by atomic mass is 9.94. The van der Waals surface area contributed by atoms with Crippen molar-refractivity contribution in [1.29, 1.82) is 0 Å². The molecule has 0 saturated carbocycles. The lowest BCUT2D eigenvalue weighted by molar-refractivity contribution is -0.137. The van der Waals surface area contributed by atoms with Gasteiger partial charge in [0.1, 0.15) is 11.9 Å². The highest BCUT2D eigenvalue weighted by atomic mass is 19.4. The Hall–Kier alpha value is -3.14. The summed E-state index contributed by atoms with van der Waals surface area (Å²) in [5, 5.41) is 0. The summed E-state index contributed by atoms with van der Waals surface area (Å²) in [6.07, 6.45) is -1.78. The molecule has 1 fully saturated rings. The molecule has 2 aromatic rings. The van der Waals surface area contributed by atoms with E-state index in [2.05, 4.69) is 9.88 Å². The van der Waals surface area contributed by atoms with Gasteiger partial charge in [-0.25, -0.2) is 4.98 Å². The molecule has 4 rings (SSSR count). The van der Waals surface area contributed by atoms with E-state index in [-0.39, 0.29) is 23.8 Å². The molecule has 0 spiro atoms. The molecule has 1 saturated heterocycles. The minimum atomic E-state index is -4.59. The number of aromatic nitrogens is 1. The number of para-hydroxylation sites is 1. The summed E-state index contributed by atoms with van der Waals surface area (Å²) in [5.41, 5.74) is 7.56. The molecule has 10 heteroatoms. The van der Waals surface area contributed by atoms with Crippen LogP contribution in [0.1, 0.15) is 42.5 Å². The van der Waals surface area contributed by atoms with Gasteiger partial charge in [0, 0.05) is 38.2 Å². The van der Waals surface area contributed by atoms with Crippen LogP contribution >= 0.6 is 0 Å². The van der Waals surface area contributed by atoms with Crippen molar-refractivity contribution in [2.45, 2.75) is 51.7 Å². The van der Waals surface area contributed by atoms with Crippen LogP contribution in [0.15, 0.2) is 30.3 Å². The first-order valence-corrected chi connectivity index (χ1v) is 12.2. The summed E-state index contributed by atoms with van der Waals surface area (Å²) < 4.78 is 40.6. The minimum absolute atomic E-state index is 0.0573. The van der Waals surface area contributed by atoms with Crippen LogP contribution in [0.25, 0.3) is 0 Å². The molecule has 2 N–H and O–H groups in total. The Bertz CT molecular complexity index is 1150. The SMILES string of the molecule is Cc1cc(C(F)(F)F)cc(N2C(=O)C[C@@H]3CN(CCCCCN)c4c(C)cccc4N(C)C(=O)[C@H]32)n1. The number of halogens is 3. The van der Waals surface area contributed by atoms with Gasteiger partial charge in [-0.05, 0) is 57.0 Å². The maximum absolute atomic E-state index is 13.8. The Morgan fingerprint density at radius 2 is 1.86 bits per heavy atom. The zero-order valence-electron chi connectivity index (χ0n) is 20.8. The quantitative estimate of drug-likeness (QED) is 0.602. The van der Waals surface area contributed by atoms with E-state index in [1.165, 1.54) is 16.7 Å². The van der Waals surface area contributed by atoms with E-state index in [1.54, 1.807) is 7.05 Å². The van der Waals surface area contributed by atoms with E-state index in [0.717, 1.165) is 49.2 Å². The van der Waals surface area contributed by atoms with Gasteiger partial charge in [-0.3, -0.25) is 14.5 Å². The Morgan fingerprint density at radius 1 is 1.11 bits per heavy atom. The largest absolute Gasteiger partial charge is 0.416 e. The second-order valence-corrected chi connectivity index (χ2v) is 9.66. The van der Waals surface area contributed by atoms with Crippen molar-refractivity contribution in [2.24, 2.45) is 11.7 Å². The number of hydrogen-bond acceptors (Lipinski definition) is 5. The van der Waals surface area contributed by atoms with Crippen LogP contribution in [0.3, 0.4) is 0 Å². The lowest BCUT2D eigenvalue weighted by Gasteiger charge is -2.39. The van der Waals surface area contributed by atoms with Gasteiger partial charge in [0.15, 0.2) is 0 Å². The third-order valence-corrected chi connectivity index (χ3v) is 7.01. The zero-order chi connectivity index (χ0) is 26.2. The highest BCUT2D eigenvalue weighted by Gasteiger charge is 2.49. The molecule has 0 bridgehead atoms. The van der Waals surface area contributed by atoms with E-state index >= 15 is 0 Å². The van der Waals surface area contributed by atoms with Crippen molar-refractivity contribution < 1.29 is 22.8 Å². The smallest absolute Gasteiger partial charge is 0.369 e. The average molecular weight is 504 g/mol. The highest BCUT2D eigenvalue weighted by Crippen LogP contribution is 2.41. The number of rotatable bonds is 6. The van der Waals surface area contributed by atoms with Gasteiger partial charge in [0.05, 0.1) is 16.9 Å². The number of carbonyl (C=O) groups is 2. The molecular formula is C26H32F3N5O2. The number of likely N-dealkylation sites (N-methyl/N-ethyl adjacent to an activating group) is 1. The van der Waals surface area contributed by atoms with Gasteiger partial charge in [-0.1, -0.05) is 18.6 Å². The van der Waals surface area contributed by atoms with Crippen LogP contribution in [0.4, 0.5) is 30.4 Å². The molecule has 2 amide bonds. The van der Waals surface area contributed by atoms with E-state index < -0.39 is 29.6 Å². The number of nitrogens with zero attached hydrogens (tertiary/aromatic N) is 4. The second kappa shape index (κ2) is 10.1. The Morgan fingerprint density at radius 3 is 2.56 bits per heavy atom. The number of fused-ring (bicyclic) bond motifs is 2. The van der Waals surface area contributed by atoms with E-state index in [4.69, 9.17) is 5.73 Å². The maximum atomic E-state index is 13.8. The van der Waals surface area contributed by atoms with Gasteiger partial charge in [-0.2, -0.15) is 13.2 Å². The number of aryl methyl sites for hydroxylation is 2. The van der Waals surface area contributed by atoms with E-state index in [1.807, 2.05) is 25.1 Å². The van der Waals surface area contributed by atoms with Gasteiger partial charge in [-0.15, -0.1) is 0 Å². The van der Waals surface area contributed by atoms with Crippen LogP contribution in [0, 0.1) is 19.8 Å². The average Bonchev–Trinajstić information content (AvgIpc) is 3.13. The molecule has 0 radical (unpaired) electrons. The molecule has 2 aliphatic heterocycles. The number of anilines is 3. The number of alkyl halides is 3. The van der Waals surface area contributed by atoms with Crippen LogP contribution in [0.2, 0.25) is 0 Å². The molecule has 194 valence electrons. The third kappa shape index (κ3) is 4.91. The molecular weight excluding hydrogens is 471 g/mol. The minimum Gasteiger partial charge on any atom is -0.369 e. The van der Waals surface area contributed by atoms with Crippen LogP contribution in [-0.4, -0.2) is 49.5 Å². The van der Waals surface area contributed by atoms with Gasteiger partial charge >= 0.3 is 6.18 Å². The highest BCUT2D eigenvalue weighted by molar-refractivity contribution is 6.10. The first kappa shape index (κ1) is 25.9. The fraction of sp³-hybridized carbons (Fsp3) is 0.500. The second-order valence-electron chi connectivity index (χ2n) is 9.66. The molecule has 0 unspecified atom stereocenters. The van der Waals surface area contributed by atoms with Crippen LogP contribution in [-0.2, 0) is 15.8 Å². The number of nitrogens with two attached hydrogens (primary N) is 1. The lowest BCUT2D eigenvalue weighted by Crippen LogP contribution is -2.52. The molecule has 2 aliphatic rings. The topological polar surface area (TPSA) is 82.8 Å². The Balaban J connectivity index is 1.77. The number of benzene rings is 1.